The highest BCUT2D eigenvalue weighted by molar-refractivity contribution is 5.89. The summed E-state index contributed by atoms with van der Waals surface area (Å²) in [6.45, 7) is 3.49. The molecule has 0 saturated carbocycles. The number of likely N-dealkylation sites (N-methyl/N-ethyl adjacent to an activating group) is 1. The normalized spacial score (nSPS) is 18.3. The summed E-state index contributed by atoms with van der Waals surface area (Å²) in [5, 5.41) is 2.55. The van der Waals surface area contributed by atoms with Crippen LogP contribution in [0, 0.1) is 0 Å². The number of anilines is 1. The van der Waals surface area contributed by atoms with E-state index in [1.165, 1.54) is 6.07 Å². The molecule has 1 aromatic heterocycles. The third kappa shape index (κ3) is 4.33. The van der Waals surface area contributed by atoms with Gasteiger partial charge >= 0.3 is 12.2 Å². The zero-order valence-corrected chi connectivity index (χ0v) is 12.2. The Morgan fingerprint density at radius 2 is 2.27 bits per heavy atom. The quantitative estimate of drug-likeness (QED) is 0.928. The maximum Gasteiger partial charge on any atom is 0.433 e. The highest BCUT2D eigenvalue weighted by atomic mass is 19.4. The molecule has 0 radical (unpaired) electrons. The molecule has 1 unspecified atom stereocenters. The summed E-state index contributed by atoms with van der Waals surface area (Å²) in [6, 6.07) is 1.65. The van der Waals surface area contributed by atoms with Crippen molar-refractivity contribution >= 4 is 11.7 Å². The van der Waals surface area contributed by atoms with Gasteiger partial charge in [0.1, 0.15) is 5.69 Å². The summed E-state index contributed by atoms with van der Waals surface area (Å²) in [5.41, 5.74) is -0.763. The van der Waals surface area contributed by atoms with Gasteiger partial charge in [0.05, 0.1) is 18.0 Å². The number of pyridine rings is 1. The lowest BCUT2D eigenvalue weighted by Gasteiger charge is -2.24. The van der Waals surface area contributed by atoms with Crippen molar-refractivity contribution in [1.82, 2.24) is 9.88 Å². The van der Waals surface area contributed by atoms with Crippen LogP contribution in [0.4, 0.5) is 23.7 Å². The highest BCUT2D eigenvalue weighted by Crippen LogP contribution is 2.27. The molecule has 2 rings (SSSR count). The van der Waals surface area contributed by atoms with E-state index >= 15 is 0 Å². The van der Waals surface area contributed by atoms with Gasteiger partial charge in [-0.1, -0.05) is 0 Å². The van der Waals surface area contributed by atoms with Gasteiger partial charge in [-0.05, 0) is 31.9 Å². The van der Waals surface area contributed by atoms with E-state index < -0.39 is 11.9 Å². The van der Waals surface area contributed by atoms with Gasteiger partial charge in [-0.15, -0.1) is 0 Å². The molecular formula is C14H18F3N3O2. The molecule has 0 spiro atoms. The van der Waals surface area contributed by atoms with Gasteiger partial charge < -0.3 is 15.0 Å². The Labute approximate surface area is 126 Å². The first-order valence-corrected chi connectivity index (χ1v) is 7.11. The predicted molar refractivity (Wildman–Crippen MR) is 74.5 cm³/mol. The Bertz CT molecular complexity index is 499. The fraction of sp³-hybridized carbons (Fsp3) is 0.571. The Kier molecular flexibility index (Phi) is 5.23. The summed E-state index contributed by atoms with van der Waals surface area (Å²) < 4.78 is 42.7. The monoisotopic (exact) mass is 317 g/mol. The van der Waals surface area contributed by atoms with Crippen LogP contribution >= 0.6 is 0 Å². The maximum absolute atomic E-state index is 12.4. The number of alkyl halides is 3. The largest absolute Gasteiger partial charge is 0.433 e. The summed E-state index contributed by atoms with van der Waals surface area (Å²) in [5.74, 6) is 0. The standard InChI is InChI=1S/C14H18F3N3O2/c1-2-20(9-11-4-3-7-22-11)13(21)19-10-5-6-12(18-8-10)14(15,16)17/h5-6,8,11H,2-4,7,9H2,1H3,(H,19,21). The van der Waals surface area contributed by atoms with Gasteiger partial charge in [-0.3, -0.25) is 0 Å². The number of aromatic nitrogens is 1. The number of hydrogen-bond acceptors (Lipinski definition) is 3. The lowest BCUT2D eigenvalue weighted by Crippen LogP contribution is -2.40. The number of carbonyl (C=O) groups excluding carboxylic acids is 1. The lowest BCUT2D eigenvalue weighted by molar-refractivity contribution is -0.141. The molecule has 0 aromatic carbocycles. The van der Waals surface area contributed by atoms with Crippen LogP contribution in [0.2, 0.25) is 0 Å². The number of halogens is 3. The summed E-state index contributed by atoms with van der Waals surface area (Å²) in [6.07, 6.45) is -1.58. The molecule has 2 heterocycles. The fourth-order valence-electron chi connectivity index (χ4n) is 2.23. The Morgan fingerprint density at radius 3 is 2.77 bits per heavy atom. The number of rotatable bonds is 4. The van der Waals surface area contributed by atoms with Gasteiger partial charge in [0.25, 0.3) is 0 Å². The first-order valence-electron chi connectivity index (χ1n) is 7.11. The summed E-state index contributed by atoms with van der Waals surface area (Å²) in [4.78, 5) is 17.0. The van der Waals surface area contributed by atoms with Crippen molar-refractivity contribution in [3.63, 3.8) is 0 Å². The molecule has 1 aliphatic heterocycles. The van der Waals surface area contributed by atoms with E-state index in [0.717, 1.165) is 25.1 Å². The van der Waals surface area contributed by atoms with Crippen molar-refractivity contribution in [1.29, 1.82) is 0 Å². The minimum atomic E-state index is -4.49. The van der Waals surface area contributed by atoms with Gasteiger partial charge in [0.2, 0.25) is 0 Å². The molecule has 22 heavy (non-hydrogen) atoms. The number of urea groups is 1. The second-order valence-corrected chi connectivity index (χ2v) is 5.03. The zero-order valence-electron chi connectivity index (χ0n) is 12.2. The third-order valence-corrected chi connectivity index (χ3v) is 3.42. The summed E-state index contributed by atoms with van der Waals surface area (Å²) in [7, 11) is 0. The third-order valence-electron chi connectivity index (χ3n) is 3.42. The van der Waals surface area contributed by atoms with Crippen LogP contribution in [-0.2, 0) is 10.9 Å². The van der Waals surface area contributed by atoms with Crippen molar-refractivity contribution in [3.05, 3.63) is 24.0 Å². The predicted octanol–water partition coefficient (Wildman–Crippen LogP) is 3.13. The second-order valence-electron chi connectivity index (χ2n) is 5.03. The van der Waals surface area contributed by atoms with Crippen molar-refractivity contribution in [2.75, 3.05) is 25.0 Å². The molecule has 8 heteroatoms. The van der Waals surface area contributed by atoms with E-state index in [2.05, 4.69) is 10.3 Å². The number of carbonyl (C=O) groups is 1. The van der Waals surface area contributed by atoms with Crippen LogP contribution in [0.1, 0.15) is 25.5 Å². The topological polar surface area (TPSA) is 54.5 Å². The molecule has 1 N–H and O–H groups in total. The first-order chi connectivity index (χ1) is 10.4. The molecule has 1 atom stereocenters. The zero-order chi connectivity index (χ0) is 16.2. The van der Waals surface area contributed by atoms with Crippen LogP contribution in [0.5, 0.6) is 0 Å². The molecule has 0 aliphatic carbocycles. The SMILES string of the molecule is CCN(CC1CCCO1)C(=O)Nc1ccc(C(F)(F)F)nc1. The molecule has 1 fully saturated rings. The number of nitrogens with one attached hydrogen (secondary N) is 1. The number of hydrogen-bond donors (Lipinski definition) is 1. The Balaban J connectivity index is 1.94. The first kappa shape index (κ1) is 16.5. The van der Waals surface area contributed by atoms with Crippen LogP contribution in [0.15, 0.2) is 18.3 Å². The van der Waals surface area contributed by atoms with Crippen LogP contribution in [0.3, 0.4) is 0 Å². The Morgan fingerprint density at radius 1 is 1.50 bits per heavy atom. The Hall–Kier alpha value is -1.83. The van der Waals surface area contributed by atoms with Crippen LogP contribution in [-0.4, -0.2) is 41.7 Å². The van der Waals surface area contributed by atoms with Gasteiger partial charge in [-0.2, -0.15) is 13.2 Å². The van der Waals surface area contributed by atoms with Crippen LogP contribution < -0.4 is 5.32 Å². The lowest BCUT2D eigenvalue weighted by atomic mass is 10.2. The minimum absolute atomic E-state index is 0.0245. The van der Waals surface area contributed by atoms with Gasteiger partial charge in [0, 0.05) is 19.7 Å². The van der Waals surface area contributed by atoms with Crippen molar-refractivity contribution < 1.29 is 22.7 Å². The van der Waals surface area contributed by atoms with E-state index in [9.17, 15) is 18.0 Å². The number of ether oxygens (including phenoxy) is 1. The molecule has 0 bridgehead atoms. The molecule has 1 saturated heterocycles. The number of nitrogens with zero attached hydrogens (tertiary/aromatic N) is 2. The van der Waals surface area contributed by atoms with Gasteiger partial charge in [-0.25, -0.2) is 9.78 Å². The van der Waals surface area contributed by atoms with Crippen molar-refractivity contribution in [2.24, 2.45) is 0 Å². The molecule has 2 amide bonds. The maximum atomic E-state index is 12.4. The molecule has 1 aromatic rings. The molecule has 122 valence electrons. The van der Waals surface area contributed by atoms with E-state index in [4.69, 9.17) is 4.74 Å². The van der Waals surface area contributed by atoms with Gasteiger partial charge in [0.15, 0.2) is 0 Å². The van der Waals surface area contributed by atoms with E-state index in [0.29, 0.717) is 19.7 Å². The van der Waals surface area contributed by atoms with E-state index in [-0.39, 0.29) is 17.8 Å². The minimum Gasteiger partial charge on any atom is -0.376 e. The van der Waals surface area contributed by atoms with Crippen molar-refractivity contribution in [3.8, 4) is 0 Å². The average Bonchev–Trinajstić information content (AvgIpc) is 2.97. The van der Waals surface area contributed by atoms with Crippen LogP contribution in [0.25, 0.3) is 0 Å². The van der Waals surface area contributed by atoms with E-state index in [1.807, 2.05) is 6.92 Å². The molecule has 1 aliphatic rings. The molecule has 5 nitrogen and oxygen atoms in total. The molecular weight excluding hydrogens is 299 g/mol. The second kappa shape index (κ2) is 6.95. The average molecular weight is 317 g/mol. The highest BCUT2D eigenvalue weighted by Gasteiger charge is 2.32. The fourth-order valence-corrected chi connectivity index (χ4v) is 2.23. The van der Waals surface area contributed by atoms with Crippen molar-refractivity contribution in [2.45, 2.75) is 32.0 Å². The summed E-state index contributed by atoms with van der Waals surface area (Å²) >= 11 is 0. The number of amides is 2. The van der Waals surface area contributed by atoms with E-state index in [1.54, 1.807) is 4.90 Å². The smallest absolute Gasteiger partial charge is 0.376 e.